The molecule has 0 aliphatic rings. The van der Waals surface area contributed by atoms with Gasteiger partial charge in [-0.2, -0.15) is 5.10 Å². The highest BCUT2D eigenvalue weighted by Crippen LogP contribution is 2.16. The van der Waals surface area contributed by atoms with Crippen molar-refractivity contribution < 1.29 is 18.7 Å². The lowest BCUT2D eigenvalue weighted by Gasteiger charge is -2.09. The number of methoxy groups -OCH3 is 1. The molecule has 0 saturated carbocycles. The SMILES string of the molecule is CCc1c(C(=O)NCc2ccc(C(=O)OC)cc2)cnn1-c1ccc(F)cc1. The minimum atomic E-state index is -0.406. The summed E-state index contributed by atoms with van der Waals surface area (Å²) in [5.74, 6) is -0.983. The van der Waals surface area contributed by atoms with E-state index in [4.69, 9.17) is 0 Å². The summed E-state index contributed by atoms with van der Waals surface area (Å²) in [5.41, 5.74) is 3.20. The molecule has 1 amide bonds. The second-order valence-electron chi connectivity index (χ2n) is 6.12. The third-order valence-electron chi connectivity index (χ3n) is 4.35. The molecule has 3 aromatic rings. The molecule has 1 heterocycles. The third kappa shape index (κ3) is 4.09. The average molecular weight is 381 g/mol. The Morgan fingerprint density at radius 2 is 1.79 bits per heavy atom. The summed E-state index contributed by atoms with van der Waals surface area (Å²) in [6.45, 7) is 2.24. The van der Waals surface area contributed by atoms with E-state index in [1.165, 1.54) is 25.4 Å². The van der Waals surface area contributed by atoms with Crippen LogP contribution in [0.5, 0.6) is 0 Å². The van der Waals surface area contributed by atoms with Gasteiger partial charge in [-0.25, -0.2) is 13.9 Å². The van der Waals surface area contributed by atoms with Gasteiger partial charge in [0.25, 0.3) is 5.91 Å². The molecule has 144 valence electrons. The van der Waals surface area contributed by atoms with E-state index in [1.54, 1.807) is 41.1 Å². The van der Waals surface area contributed by atoms with Gasteiger partial charge in [0, 0.05) is 6.54 Å². The molecule has 1 aromatic heterocycles. The topological polar surface area (TPSA) is 73.2 Å². The highest BCUT2D eigenvalue weighted by atomic mass is 19.1. The quantitative estimate of drug-likeness (QED) is 0.665. The van der Waals surface area contributed by atoms with Crippen LogP contribution in [0.2, 0.25) is 0 Å². The van der Waals surface area contributed by atoms with E-state index in [1.807, 2.05) is 6.92 Å². The summed E-state index contributed by atoms with van der Waals surface area (Å²) < 4.78 is 19.5. The van der Waals surface area contributed by atoms with E-state index < -0.39 is 5.97 Å². The van der Waals surface area contributed by atoms with E-state index in [-0.39, 0.29) is 11.7 Å². The smallest absolute Gasteiger partial charge is 0.337 e. The van der Waals surface area contributed by atoms with Crippen LogP contribution in [-0.4, -0.2) is 28.8 Å². The molecule has 0 spiro atoms. The number of hydrogen-bond donors (Lipinski definition) is 1. The maximum atomic E-state index is 13.1. The van der Waals surface area contributed by atoms with Crippen LogP contribution >= 0.6 is 0 Å². The van der Waals surface area contributed by atoms with Crippen LogP contribution in [0.4, 0.5) is 4.39 Å². The van der Waals surface area contributed by atoms with Crippen LogP contribution in [-0.2, 0) is 17.7 Å². The van der Waals surface area contributed by atoms with Gasteiger partial charge in [0.2, 0.25) is 0 Å². The molecular formula is C21H20FN3O3. The Hall–Kier alpha value is -3.48. The van der Waals surface area contributed by atoms with Crippen LogP contribution in [0.1, 0.15) is 38.9 Å². The zero-order chi connectivity index (χ0) is 20.1. The van der Waals surface area contributed by atoms with Gasteiger partial charge in [0.1, 0.15) is 5.82 Å². The number of nitrogens with one attached hydrogen (secondary N) is 1. The molecule has 3 rings (SSSR count). The van der Waals surface area contributed by atoms with Crippen molar-refractivity contribution in [3.63, 3.8) is 0 Å². The summed E-state index contributed by atoms with van der Waals surface area (Å²) in [5, 5.41) is 7.14. The number of amides is 1. The minimum Gasteiger partial charge on any atom is -0.465 e. The second-order valence-corrected chi connectivity index (χ2v) is 6.12. The molecule has 7 heteroatoms. The van der Waals surface area contributed by atoms with Crippen LogP contribution in [0.25, 0.3) is 5.69 Å². The van der Waals surface area contributed by atoms with Gasteiger partial charge in [-0.1, -0.05) is 19.1 Å². The van der Waals surface area contributed by atoms with Gasteiger partial charge in [-0.15, -0.1) is 0 Å². The Bertz CT molecular complexity index is 979. The first-order chi connectivity index (χ1) is 13.5. The van der Waals surface area contributed by atoms with Gasteiger partial charge >= 0.3 is 5.97 Å². The fourth-order valence-corrected chi connectivity index (χ4v) is 2.86. The van der Waals surface area contributed by atoms with Gasteiger partial charge in [-0.05, 0) is 48.4 Å². The number of rotatable bonds is 6. The highest BCUT2D eigenvalue weighted by Gasteiger charge is 2.17. The number of carbonyl (C=O) groups excluding carboxylic acids is 2. The Labute approximate surface area is 161 Å². The molecule has 6 nitrogen and oxygen atoms in total. The third-order valence-corrected chi connectivity index (χ3v) is 4.35. The molecule has 0 unspecified atom stereocenters. The number of ether oxygens (including phenoxy) is 1. The summed E-state index contributed by atoms with van der Waals surface area (Å²) in [4.78, 5) is 24.1. The Balaban J connectivity index is 1.72. The summed E-state index contributed by atoms with van der Waals surface area (Å²) in [7, 11) is 1.33. The van der Waals surface area contributed by atoms with Crippen molar-refractivity contribution in [3.8, 4) is 5.69 Å². The number of carbonyl (C=O) groups is 2. The first-order valence-electron chi connectivity index (χ1n) is 8.81. The van der Waals surface area contributed by atoms with Crippen molar-refractivity contribution in [3.05, 3.63) is 82.9 Å². The predicted octanol–water partition coefficient (Wildman–Crippen LogP) is 3.29. The first kappa shape index (κ1) is 19.3. The number of halogens is 1. The molecule has 0 atom stereocenters. The van der Waals surface area contributed by atoms with Crippen molar-refractivity contribution in [1.29, 1.82) is 0 Å². The Morgan fingerprint density at radius 3 is 2.39 bits per heavy atom. The lowest BCUT2D eigenvalue weighted by molar-refractivity contribution is 0.0600. The van der Waals surface area contributed by atoms with Gasteiger partial charge < -0.3 is 10.1 Å². The van der Waals surface area contributed by atoms with Gasteiger partial charge in [-0.3, -0.25) is 4.79 Å². The zero-order valence-electron chi connectivity index (χ0n) is 15.6. The molecule has 0 radical (unpaired) electrons. The second kappa shape index (κ2) is 8.47. The Morgan fingerprint density at radius 1 is 1.11 bits per heavy atom. The summed E-state index contributed by atoms with van der Waals surface area (Å²) in [6, 6.07) is 12.8. The molecule has 0 aliphatic heterocycles. The van der Waals surface area contributed by atoms with E-state index >= 15 is 0 Å². The fourth-order valence-electron chi connectivity index (χ4n) is 2.86. The molecule has 1 N–H and O–H groups in total. The lowest BCUT2D eigenvalue weighted by atomic mass is 10.1. The van der Waals surface area contributed by atoms with Crippen LogP contribution in [0.15, 0.2) is 54.7 Å². The normalized spacial score (nSPS) is 10.5. The van der Waals surface area contributed by atoms with E-state index in [0.717, 1.165) is 11.3 Å². The minimum absolute atomic E-state index is 0.248. The largest absolute Gasteiger partial charge is 0.465 e. The maximum absolute atomic E-state index is 13.1. The standard InChI is InChI=1S/C21H20FN3O3/c1-3-19-18(13-24-25(19)17-10-8-16(22)9-11-17)20(26)23-12-14-4-6-15(7-5-14)21(27)28-2/h4-11,13H,3,12H2,1-2H3,(H,23,26). The molecule has 0 fully saturated rings. The molecule has 0 aliphatic carbocycles. The number of aromatic nitrogens is 2. The lowest BCUT2D eigenvalue weighted by Crippen LogP contribution is -2.23. The van der Waals surface area contributed by atoms with E-state index in [9.17, 15) is 14.0 Å². The summed E-state index contributed by atoms with van der Waals surface area (Å²) >= 11 is 0. The number of benzene rings is 2. The molecule has 0 bridgehead atoms. The van der Waals surface area contributed by atoms with Gasteiger partial charge in [0.15, 0.2) is 0 Å². The molecule has 28 heavy (non-hydrogen) atoms. The monoisotopic (exact) mass is 381 g/mol. The number of esters is 1. The van der Waals surface area contributed by atoms with Crippen molar-refractivity contribution in [2.24, 2.45) is 0 Å². The average Bonchev–Trinajstić information content (AvgIpc) is 3.16. The van der Waals surface area contributed by atoms with Crippen molar-refractivity contribution in [2.75, 3.05) is 7.11 Å². The van der Waals surface area contributed by atoms with Crippen LogP contribution in [0.3, 0.4) is 0 Å². The zero-order valence-corrected chi connectivity index (χ0v) is 15.6. The van der Waals surface area contributed by atoms with Crippen LogP contribution < -0.4 is 5.32 Å². The van der Waals surface area contributed by atoms with Crippen LogP contribution in [0, 0.1) is 5.82 Å². The van der Waals surface area contributed by atoms with E-state index in [0.29, 0.717) is 29.8 Å². The summed E-state index contributed by atoms with van der Waals surface area (Å²) in [6.07, 6.45) is 2.10. The van der Waals surface area contributed by atoms with Crippen molar-refractivity contribution in [2.45, 2.75) is 19.9 Å². The molecular weight excluding hydrogens is 361 g/mol. The molecule has 2 aromatic carbocycles. The molecule has 0 saturated heterocycles. The fraction of sp³-hybridized carbons (Fsp3) is 0.190. The first-order valence-corrected chi connectivity index (χ1v) is 8.81. The highest BCUT2D eigenvalue weighted by molar-refractivity contribution is 5.95. The number of nitrogens with zero attached hydrogens (tertiary/aromatic N) is 2. The number of hydrogen-bond acceptors (Lipinski definition) is 4. The van der Waals surface area contributed by atoms with Crippen molar-refractivity contribution in [1.82, 2.24) is 15.1 Å². The Kier molecular flexibility index (Phi) is 5.84. The maximum Gasteiger partial charge on any atom is 0.337 e. The predicted molar refractivity (Wildman–Crippen MR) is 102 cm³/mol. The van der Waals surface area contributed by atoms with Gasteiger partial charge in [0.05, 0.1) is 35.8 Å². The van der Waals surface area contributed by atoms with Crippen molar-refractivity contribution >= 4 is 11.9 Å². The van der Waals surface area contributed by atoms with E-state index in [2.05, 4.69) is 15.2 Å².